The molecule has 1 saturated heterocycles. The number of para-hydroxylation sites is 1. The Labute approximate surface area is 173 Å². The lowest BCUT2D eigenvalue weighted by molar-refractivity contribution is -0.0885. The third-order valence-corrected chi connectivity index (χ3v) is 6.55. The minimum absolute atomic E-state index is 0.174. The molecule has 0 spiro atoms. The summed E-state index contributed by atoms with van der Waals surface area (Å²) in [5.41, 5.74) is -0.266. The molecule has 5 rings (SSSR count). The number of amides is 1. The number of carbonyl (C=O) groups excluding carboxylic acids is 1. The van der Waals surface area contributed by atoms with E-state index in [0.717, 1.165) is 6.42 Å². The van der Waals surface area contributed by atoms with Crippen molar-refractivity contribution in [2.75, 3.05) is 6.54 Å². The van der Waals surface area contributed by atoms with Crippen molar-refractivity contribution in [3.63, 3.8) is 0 Å². The second-order valence-electron chi connectivity index (χ2n) is 7.65. The van der Waals surface area contributed by atoms with Crippen LogP contribution >= 0.6 is 11.3 Å². The van der Waals surface area contributed by atoms with Crippen molar-refractivity contribution < 1.29 is 18.3 Å². The standard InChI is InChI=1S/C20H18F2N4O3S/c21-20(22)9-11(10-20)15-24-16(27)14-18(25-15)30-17(23-14)13-7-4-8-26(13)19(28)29-12-5-2-1-3-6-12/h1-3,5-6,11,13H,4,7-10H2,(H,24,25,27). The quantitative estimate of drug-likeness (QED) is 0.669. The number of fused-ring (bicyclic) bond motifs is 1. The van der Waals surface area contributed by atoms with Gasteiger partial charge >= 0.3 is 6.09 Å². The van der Waals surface area contributed by atoms with Gasteiger partial charge < -0.3 is 9.72 Å². The summed E-state index contributed by atoms with van der Waals surface area (Å²) in [7, 11) is 0. The van der Waals surface area contributed by atoms with Crippen LogP contribution in [0.25, 0.3) is 10.3 Å². The largest absolute Gasteiger partial charge is 0.415 e. The van der Waals surface area contributed by atoms with Crippen LogP contribution in [0.5, 0.6) is 5.75 Å². The Kier molecular flexibility index (Phi) is 4.53. The average molecular weight is 432 g/mol. The van der Waals surface area contributed by atoms with Crippen molar-refractivity contribution in [2.45, 2.75) is 43.6 Å². The number of rotatable bonds is 3. The van der Waals surface area contributed by atoms with Gasteiger partial charge in [0.1, 0.15) is 16.6 Å². The first kappa shape index (κ1) is 19.1. The van der Waals surface area contributed by atoms with Gasteiger partial charge in [-0.3, -0.25) is 9.69 Å². The number of halogens is 2. The highest BCUT2D eigenvalue weighted by molar-refractivity contribution is 7.18. The van der Waals surface area contributed by atoms with Crippen molar-refractivity contribution in [1.29, 1.82) is 0 Å². The predicted molar refractivity (Wildman–Crippen MR) is 106 cm³/mol. The maximum atomic E-state index is 13.2. The van der Waals surface area contributed by atoms with E-state index in [1.807, 2.05) is 6.07 Å². The number of carbonyl (C=O) groups is 1. The van der Waals surface area contributed by atoms with Crippen LogP contribution in [-0.4, -0.2) is 38.4 Å². The summed E-state index contributed by atoms with van der Waals surface area (Å²) < 4.78 is 31.8. The molecule has 10 heteroatoms. The highest BCUT2D eigenvalue weighted by Gasteiger charge is 2.47. The normalized spacial score (nSPS) is 21.0. The number of H-pyrrole nitrogens is 1. The Morgan fingerprint density at radius 1 is 1.23 bits per heavy atom. The highest BCUT2D eigenvalue weighted by atomic mass is 32.1. The Hall–Kier alpha value is -2.88. The molecule has 1 N–H and O–H groups in total. The first-order valence-electron chi connectivity index (χ1n) is 9.72. The molecule has 0 radical (unpaired) electrons. The van der Waals surface area contributed by atoms with Gasteiger partial charge in [0.05, 0.1) is 6.04 Å². The molecule has 1 amide bonds. The van der Waals surface area contributed by atoms with Gasteiger partial charge in [-0.05, 0) is 25.0 Å². The van der Waals surface area contributed by atoms with Crippen molar-refractivity contribution in [3.05, 3.63) is 51.5 Å². The van der Waals surface area contributed by atoms with Crippen LogP contribution in [0.1, 0.15) is 48.5 Å². The number of thiazole rings is 1. The zero-order chi connectivity index (χ0) is 20.9. The number of nitrogens with zero attached hydrogens (tertiary/aromatic N) is 3. The average Bonchev–Trinajstić information content (AvgIpc) is 3.33. The van der Waals surface area contributed by atoms with E-state index in [-0.39, 0.29) is 30.2 Å². The second-order valence-corrected chi connectivity index (χ2v) is 8.66. The molecule has 30 heavy (non-hydrogen) atoms. The summed E-state index contributed by atoms with van der Waals surface area (Å²) in [6.07, 6.45) is 0.395. The van der Waals surface area contributed by atoms with Crippen LogP contribution in [0.3, 0.4) is 0 Å². The van der Waals surface area contributed by atoms with E-state index in [4.69, 9.17) is 4.74 Å². The summed E-state index contributed by atoms with van der Waals surface area (Å²) in [4.78, 5) is 38.5. The molecule has 7 nitrogen and oxygen atoms in total. The zero-order valence-corrected chi connectivity index (χ0v) is 16.6. The Bertz CT molecular complexity index is 1160. The molecule has 2 aliphatic rings. The van der Waals surface area contributed by atoms with E-state index in [9.17, 15) is 18.4 Å². The third-order valence-electron chi connectivity index (χ3n) is 5.50. The van der Waals surface area contributed by atoms with E-state index < -0.39 is 23.5 Å². The van der Waals surface area contributed by atoms with E-state index in [0.29, 0.717) is 28.6 Å². The fourth-order valence-electron chi connectivity index (χ4n) is 3.95. The van der Waals surface area contributed by atoms with E-state index in [2.05, 4.69) is 15.0 Å². The van der Waals surface area contributed by atoms with Crippen LogP contribution in [0.15, 0.2) is 35.1 Å². The maximum absolute atomic E-state index is 13.2. The summed E-state index contributed by atoms with van der Waals surface area (Å²) >= 11 is 1.22. The lowest BCUT2D eigenvalue weighted by Crippen LogP contribution is -2.35. The Morgan fingerprint density at radius 2 is 2.00 bits per heavy atom. The molecule has 1 aliphatic heterocycles. The van der Waals surface area contributed by atoms with E-state index in [1.54, 1.807) is 29.2 Å². The van der Waals surface area contributed by atoms with Gasteiger partial charge in [0, 0.05) is 25.3 Å². The van der Waals surface area contributed by atoms with E-state index in [1.165, 1.54) is 11.3 Å². The molecular formula is C20H18F2N4O3S. The minimum Gasteiger partial charge on any atom is -0.410 e. The number of hydrogen-bond acceptors (Lipinski definition) is 6. The molecule has 1 aliphatic carbocycles. The van der Waals surface area contributed by atoms with Gasteiger partial charge in [-0.2, -0.15) is 0 Å². The summed E-state index contributed by atoms with van der Waals surface area (Å²) in [5.74, 6) is -2.41. The molecule has 1 unspecified atom stereocenters. The smallest absolute Gasteiger partial charge is 0.410 e. The fourth-order valence-corrected chi connectivity index (χ4v) is 5.04. The van der Waals surface area contributed by atoms with Crippen LogP contribution in [-0.2, 0) is 0 Å². The number of hydrogen-bond donors (Lipinski definition) is 1. The van der Waals surface area contributed by atoms with Gasteiger partial charge in [0.15, 0.2) is 10.3 Å². The predicted octanol–water partition coefficient (Wildman–Crippen LogP) is 4.23. The molecule has 3 aromatic rings. The van der Waals surface area contributed by atoms with Gasteiger partial charge in [0.2, 0.25) is 5.92 Å². The first-order chi connectivity index (χ1) is 14.4. The zero-order valence-electron chi connectivity index (χ0n) is 15.8. The monoisotopic (exact) mass is 432 g/mol. The lowest BCUT2D eigenvalue weighted by Gasteiger charge is -2.33. The molecular weight excluding hydrogens is 414 g/mol. The first-order valence-corrected chi connectivity index (χ1v) is 10.5. The summed E-state index contributed by atoms with van der Waals surface area (Å²) in [5, 5.41) is 0.599. The molecule has 3 heterocycles. The highest BCUT2D eigenvalue weighted by Crippen LogP contribution is 2.47. The molecule has 1 aromatic carbocycles. The number of likely N-dealkylation sites (tertiary alicyclic amines) is 1. The summed E-state index contributed by atoms with van der Waals surface area (Å²) in [6.45, 7) is 0.526. The van der Waals surface area contributed by atoms with Crippen LogP contribution in [0.2, 0.25) is 0 Å². The Balaban J connectivity index is 1.40. The topological polar surface area (TPSA) is 88.2 Å². The van der Waals surface area contributed by atoms with Gasteiger partial charge in [0.25, 0.3) is 5.56 Å². The van der Waals surface area contributed by atoms with Gasteiger partial charge in [-0.15, -0.1) is 0 Å². The fraction of sp³-hybridized carbons (Fsp3) is 0.400. The van der Waals surface area contributed by atoms with Gasteiger partial charge in [-0.1, -0.05) is 29.5 Å². The number of aromatic amines is 1. The molecule has 1 saturated carbocycles. The summed E-state index contributed by atoms with van der Waals surface area (Å²) in [6, 6.07) is 8.50. The van der Waals surface area contributed by atoms with Crippen LogP contribution < -0.4 is 10.3 Å². The molecule has 0 bridgehead atoms. The maximum Gasteiger partial charge on any atom is 0.415 e. The number of aromatic nitrogens is 3. The van der Waals surface area contributed by atoms with Crippen molar-refractivity contribution in [2.24, 2.45) is 0 Å². The van der Waals surface area contributed by atoms with Crippen LogP contribution in [0, 0.1) is 0 Å². The SMILES string of the molecule is O=C(Oc1ccccc1)N1CCCC1c1nc2c(=O)[nH]c(C3CC(F)(F)C3)nc2s1. The van der Waals surface area contributed by atoms with Crippen LogP contribution in [0.4, 0.5) is 13.6 Å². The lowest BCUT2D eigenvalue weighted by atomic mass is 9.81. The van der Waals surface area contributed by atoms with Crippen molar-refractivity contribution in [1.82, 2.24) is 19.9 Å². The Morgan fingerprint density at radius 3 is 2.73 bits per heavy atom. The molecule has 2 fully saturated rings. The molecule has 156 valence electrons. The minimum atomic E-state index is -2.69. The van der Waals surface area contributed by atoms with Crippen molar-refractivity contribution in [3.8, 4) is 5.75 Å². The molecule has 2 aromatic heterocycles. The molecule has 1 atom stereocenters. The number of ether oxygens (including phenoxy) is 1. The van der Waals surface area contributed by atoms with Crippen molar-refractivity contribution >= 4 is 27.8 Å². The second kappa shape index (κ2) is 7.12. The number of alkyl halides is 2. The number of benzene rings is 1. The third kappa shape index (κ3) is 3.45. The number of nitrogens with one attached hydrogen (secondary N) is 1. The van der Waals surface area contributed by atoms with E-state index >= 15 is 0 Å². The van der Waals surface area contributed by atoms with Gasteiger partial charge in [-0.25, -0.2) is 23.5 Å².